The van der Waals surface area contributed by atoms with Crippen LogP contribution < -0.4 is 5.32 Å². The zero-order valence-corrected chi connectivity index (χ0v) is 11.2. The summed E-state index contributed by atoms with van der Waals surface area (Å²) in [5.74, 6) is -0.154. The summed E-state index contributed by atoms with van der Waals surface area (Å²) >= 11 is 0. The van der Waals surface area contributed by atoms with Crippen molar-refractivity contribution in [2.45, 2.75) is 46.3 Å². The Balaban J connectivity index is 2.87. The molecular weight excluding hydrogens is 214 g/mol. The summed E-state index contributed by atoms with van der Waals surface area (Å²) in [4.78, 5) is 12.0. The third-order valence-electron chi connectivity index (χ3n) is 3.25. The summed E-state index contributed by atoms with van der Waals surface area (Å²) in [6.45, 7) is 9.26. The van der Waals surface area contributed by atoms with E-state index in [-0.39, 0.29) is 5.91 Å². The van der Waals surface area contributed by atoms with Crippen LogP contribution in [-0.4, -0.2) is 22.7 Å². The van der Waals surface area contributed by atoms with Gasteiger partial charge in [-0.3, -0.25) is 4.79 Å². The lowest BCUT2D eigenvalue weighted by atomic mass is 9.97. The maximum Gasteiger partial charge on any atom is 0.251 e. The molecule has 0 aliphatic heterocycles. The number of hydrogen-bond acceptors (Lipinski definition) is 2. The zero-order valence-electron chi connectivity index (χ0n) is 11.2. The van der Waals surface area contributed by atoms with Gasteiger partial charge in [0, 0.05) is 5.56 Å². The van der Waals surface area contributed by atoms with Gasteiger partial charge in [-0.15, -0.1) is 0 Å². The second-order valence-electron chi connectivity index (χ2n) is 5.15. The molecule has 94 valence electrons. The Morgan fingerprint density at radius 2 is 1.88 bits per heavy atom. The van der Waals surface area contributed by atoms with Gasteiger partial charge in [0.2, 0.25) is 0 Å². The second kappa shape index (κ2) is 4.88. The maximum atomic E-state index is 12.0. The zero-order chi connectivity index (χ0) is 13.2. The fourth-order valence-corrected chi connectivity index (χ4v) is 1.35. The van der Waals surface area contributed by atoms with E-state index < -0.39 is 11.6 Å². The Bertz CT molecular complexity index is 422. The maximum absolute atomic E-state index is 12.0. The third kappa shape index (κ3) is 3.30. The quantitative estimate of drug-likeness (QED) is 0.843. The molecule has 0 saturated carbocycles. The highest BCUT2D eigenvalue weighted by Gasteiger charge is 2.26. The molecule has 0 bridgehead atoms. The van der Waals surface area contributed by atoms with E-state index in [1.54, 1.807) is 26.8 Å². The number of carbonyl (C=O) groups is 1. The van der Waals surface area contributed by atoms with Gasteiger partial charge >= 0.3 is 0 Å². The fourth-order valence-electron chi connectivity index (χ4n) is 1.35. The molecule has 0 aromatic heterocycles. The molecule has 1 rings (SSSR count). The Labute approximate surface area is 103 Å². The van der Waals surface area contributed by atoms with Gasteiger partial charge in [-0.05, 0) is 57.9 Å². The number of hydrogen-bond donors (Lipinski definition) is 2. The summed E-state index contributed by atoms with van der Waals surface area (Å²) in [5.41, 5.74) is 2.25. The molecule has 2 N–H and O–H groups in total. The first kappa shape index (κ1) is 13.7. The lowest BCUT2D eigenvalue weighted by Gasteiger charge is -2.29. The SMILES string of the molecule is Cc1ccc(C(=O)NC(C)(C)C(C)O)cc1C. The van der Waals surface area contributed by atoms with Gasteiger partial charge in [-0.2, -0.15) is 0 Å². The van der Waals surface area contributed by atoms with E-state index in [2.05, 4.69) is 5.32 Å². The number of carbonyl (C=O) groups excluding carboxylic acids is 1. The van der Waals surface area contributed by atoms with Crippen LogP contribution in [0.5, 0.6) is 0 Å². The molecule has 1 unspecified atom stereocenters. The average Bonchev–Trinajstić information content (AvgIpc) is 2.21. The van der Waals surface area contributed by atoms with Crippen LogP contribution in [0.25, 0.3) is 0 Å². The predicted octanol–water partition coefficient (Wildman–Crippen LogP) is 2.19. The number of aliphatic hydroxyl groups is 1. The minimum absolute atomic E-state index is 0.154. The third-order valence-corrected chi connectivity index (χ3v) is 3.25. The molecule has 1 atom stereocenters. The Morgan fingerprint density at radius 3 is 2.35 bits per heavy atom. The van der Waals surface area contributed by atoms with Crippen LogP contribution in [0.4, 0.5) is 0 Å². The summed E-state index contributed by atoms with van der Waals surface area (Å²) in [5, 5.41) is 12.4. The van der Waals surface area contributed by atoms with Crippen LogP contribution in [0.1, 0.15) is 42.3 Å². The molecule has 0 aliphatic carbocycles. The molecule has 0 radical (unpaired) electrons. The van der Waals surface area contributed by atoms with E-state index in [9.17, 15) is 9.90 Å². The van der Waals surface area contributed by atoms with Crippen molar-refractivity contribution in [3.8, 4) is 0 Å². The molecule has 1 amide bonds. The summed E-state index contributed by atoms with van der Waals surface area (Å²) in [6, 6.07) is 5.60. The van der Waals surface area contributed by atoms with Crippen LogP contribution in [0.15, 0.2) is 18.2 Å². The lowest BCUT2D eigenvalue weighted by molar-refractivity contribution is 0.0709. The van der Waals surface area contributed by atoms with Crippen LogP contribution in [0.3, 0.4) is 0 Å². The van der Waals surface area contributed by atoms with Gasteiger partial charge < -0.3 is 10.4 Å². The largest absolute Gasteiger partial charge is 0.391 e. The lowest BCUT2D eigenvalue weighted by Crippen LogP contribution is -2.50. The normalized spacial score (nSPS) is 13.3. The smallest absolute Gasteiger partial charge is 0.251 e. The average molecular weight is 235 g/mol. The number of aryl methyl sites for hydroxylation is 2. The number of benzene rings is 1. The highest BCUT2D eigenvalue weighted by Crippen LogP contribution is 2.13. The van der Waals surface area contributed by atoms with Gasteiger partial charge in [-0.1, -0.05) is 6.07 Å². The second-order valence-corrected chi connectivity index (χ2v) is 5.15. The van der Waals surface area contributed by atoms with E-state index in [1.165, 1.54) is 0 Å². The van der Waals surface area contributed by atoms with Crippen LogP contribution in [0.2, 0.25) is 0 Å². The summed E-state index contributed by atoms with van der Waals surface area (Å²) in [7, 11) is 0. The van der Waals surface area contributed by atoms with Crippen molar-refractivity contribution in [1.82, 2.24) is 5.32 Å². The van der Waals surface area contributed by atoms with Gasteiger partial charge in [0.15, 0.2) is 0 Å². The Kier molecular flexibility index (Phi) is 3.94. The standard InChI is InChI=1S/C14H21NO2/c1-9-6-7-12(8-10(9)2)13(17)15-14(4,5)11(3)16/h6-8,11,16H,1-5H3,(H,15,17). The molecule has 1 aromatic carbocycles. The van der Waals surface area contributed by atoms with E-state index in [1.807, 2.05) is 26.0 Å². The van der Waals surface area contributed by atoms with Crippen molar-refractivity contribution < 1.29 is 9.90 Å². The van der Waals surface area contributed by atoms with Crippen molar-refractivity contribution in [1.29, 1.82) is 0 Å². The van der Waals surface area contributed by atoms with Crippen molar-refractivity contribution in [2.75, 3.05) is 0 Å². The minimum Gasteiger partial charge on any atom is -0.391 e. The molecule has 0 aliphatic rings. The molecule has 0 spiro atoms. The first-order valence-electron chi connectivity index (χ1n) is 5.82. The van der Waals surface area contributed by atoms with Crippen molar-refractivity contribution >= 4 is 5.91 Å². The van der Waals surface area contributed by atoms with Crippen molar-refractivity contribution in [3.63, 3.8) is 0 Å². The van der Waals surface area contributed by atoms with E-state index in [0.717, 1.165) is 11.1 Å². The molecule has 1 aromatic rings. The van der Waals surface area contributed by atoms with Crippen LogP contribution in [-0.2, 0) is 0 Å². The molecule has 3 heteroatoms. The molecular formula is C14H21NO2. The van der Waals surface area contributed by atoms with Gasteiger partial charge in [0.1, 0.15) is 0 Å². The topological polar surface area (TPSA) is 49.3 Å². The van der Waals surface area contributed by atoms with Gasteiger partial charge in [0.25, 0.3) is 5.91 Å². The van der Waals surface area contributed by atoms with Gasteiger partial charge in [0.05, 0.1) is 11.6 Å². The minimum atomic E-state index is -0.629. The molecule has 0 saturated heterocycles. The molecule has 17 heavy (non-hydrogen) atoms. The molecule has 3 nitrogen and oxygen atoms in total. The fraction of sp³-hybridized carbons (Fsp3) is 0.500. The van der Waals surface area contributed by atoms with E-state index >= 15 is 0 Å². The van der Waals surface area contributed by atoms with E-state index in [0.29, 0.717) is 5.56 Å². The highest BCUT2D eigenvalue weighted by molar-refractivity contribution is 5.95. The number of rotatable bonds is 3. The highest BCUT2D eigenvalue weighted by atomic mass is 16.3. The van der Waals surface area contributed by atoms with Crippen LogP contribution >= 0.6 is 0 Å². The Morgan fingerprint density at radius 1 is 1.29 bits per heavy atom. The summed E-state index contributed by atoms with van der Waals surface area (Å²) in [6.07, 6.45) is -0.599. The number of amides is 1. The molecule has 0 fully saturated rings. The van der Waals surface area contributed by atoms with Gasteiger partial charge in [-0.25, -0.2) is 0 Å². The number of aliphatic hydroxyl groups excluding tert-OH is 1. The first-order chi connectivity index (χ1) is 7.74. The van der Waals surface area contributed by atoms with Crippen molar-refractivity contribution in [3.05, 3.63) is 34.9 Å². The summed E-state index contributed by atoms with van der Waals surface area (Å²) < 4.78 is 0. The molecule has 0 heterocycles. The van der Waals surface area contributed by atoms with Crippen molar-refractivity contribution in [2.24, 2.45) is 0 Å². The predicted molar refractivity (Wildman–Crippen MR) is 69.1 cm³/mol. The Hall–Kier alpha value is -1.35. The van der Waals surface area contributed by atoms with Crippen LogP contribution in [0, 0.1) is 13.8 Å². The first-order valence-corrected chi connectivity index (χ1v) is 5.82. The van der Waals surface area contributed by atoms with E-state index in [4.69, 9.17) is 0 Å². The number of nitrogens with one attached hydrogen (secondary N) is 1. The monoisotopic (exact) mass is 235 g/mol.